The summed E-state index contributed by atoms with van der Waals surface area (Å²) in [5.41, 5.74) is 0. The van der Waals surface area contributed by atoms with Crippen LogP contribution in [0.2, 0.25) is 0 Å². The number of carbonyl (C=O) groups is 2. The minimum atomic E-state index is -0.346. The van der Waals surface area contributed by atoms with Gasteiger partial charge in [-0.1, -0.05) is 12.8 Å². The van der Waals surface area contributed by atoms with Gasteiger partial charge in [-0.05, 0) is 37.1 Å². The number of urea groups is 1. The molecular formula is C21H34N4O4+2. The summed E-state index contributed by atoms with van der Waals surface area (Å²) >= 11 is 0. The number of hydrogen-bond donors (Lipinski definition) is 4. The minimum Gasteiger partial charge on any atom is -0.497 e. The normalized spacial score (nSPS) is 22.1. The fourth-order valence-electron chi connectivity index (χ4n) is 4.06. The molecule has 1 heterocycles. The van der Waals surface area contributed by atoms with E-state index in [4.69, 9.17) is 9.47 Å². The summed E-state index contributed by atoms with van der Waals surface area (Å²) in [4.78, 5) is 26.7. The van der Waals surface area contributed by atoms with E-state index in [0.717, 1.165) is 69.9 Å². The van der Waals surface area contributed by atoms with Gasteiger partial charge in [0.15, 0.2) is 6.54 Å². The lowest BCUT2D eigenvalue weighted by Crippen LogP contribution is -3.28. The number of imide groups is 1. The minimum absolute atomic E-state index is 0.193. The monoisotopic (exact) mass is 406 g/mol. The van der Waals surface area contributed by atoms with Crippen LogP contribution in [0.4, 0.5) is 4.79 Å². The van der Waals surface area contributed by atoms with E-state index >= 15 is 0 Å². The number of benzene rings is 1. The predicted molar refractivity (Wildman–Crippen MR) is 109 cm³/mol. The summed E-state index contributed by atoms with van der Waals surface area (Å²) in [5.74, 6) is 1.48. The Kier molecular flexibility index (Phi) is 8.13. The van der Waals surface area contributed by atoms with Crippen molar-refractivity contribution in [3.8, 4) is 11.5 Å². The summed E-state index contributed by atoms with van der Waals surface area (Å²) in [5, 5.41) is 5.37. The van der Waals surface area contributed by atoms with E-state index in [-0.39, 0.29) is 18.0 Å². The van der Waals surface area contributed by atoms with Gasteiger partial charge in [0.25, 0.3) is 5.91 Å². The molecule has 8 heteroatoms. The van der Waals surface area contributed by atoms with Crippen LogP contribution < -0.4 is 29.9 Å². The number of amides is 3. The van der Waals surface area contributed by atoms with Gasteiger partial charge in [0.2, 0.25) is 0 Å². The molecule has 1 aromatic carbocycles. The largest absolute Gasteiger partial charge is 0.497 e. The molecule has 0 bridgehead atoms. The van der Waals surface area contributed by atoms with E-state index in [9.17, 15) is 9.59 Å². The fourth-order valence-corrected chi connectivity index (χ4v) is 4.06. The maximum atomic E-state index is 12.1. The van der Waals surface area contributed by atoms with Crippen molar-refractivity contribution < 1.29 is 28.9 Å². The molecule has 160 valence electrons. The van der Waals surface area contributed by atoms with Gasteiger partial charge in [-0.15, -0.1) is 0 Å². The zero-order valence-corrected chi connectivity index (χ0v) is 17.3. The Morgan fingerprint density at radius 3 is 2.28 bits per heavy atom. The molecule has 2 aliphatic rings. The van der Waals surface area contributed by atoms with Gasteiger partial charge < -0.3 is 24.6 Å². The molecule has 0 aromatic heterocycles. The SMILES string of the molecule is COc1ccc(OCC[NH+]2CC[NH+](CC(=O)NC(=O)NC3CCCC3)CC2)cc1. The quantitative estimate of drug-likeness (QED) is 0.429. The lowest BCUT2D eigenvalue weighted by molar-refractivity contribution is -1.01. The van der Waals surface area contributed by atoms with Crippen LogP contribution in [-0.2, 0) is 4.79 Å². The number of ether oxygens (including phenoxy) is 2. The van der Waals surface area contributed by atoms with Gasteiger partial charge >= 0.3 is 6.03 Å². The first-order valence-electron chi connectivity index (χ1n) is 10.7. The third kappa shape index (κ3) is 7.21. The number of piperazine rings is 1. The number of hydrogen-bond acceptors (Lipinski definition) is 4. The van der Waals surface area contributed by atoms with Crippen LogP contribution in [0.1, 0.15) is 25.7 Å². The van der Waals surface area contributed by atoms with Crippen LogP contribution in [0.3, 0.4) is 0 Å². The Hall–Kier alpha value is -2.32. The van der Waals surface area contributed by atoms with Crippen molar-refractivity contribution >= 4 is 11.9 Å². The Balaban J connectivity index is 1.27. The molecule has 2 fully saturated rings. The molecule has 1 saturated heterocycles. The van der Waals surface area contributed by atoms with Gasteiger partial charge in [-0.25, -0.2) is 4.79 Å². The first kappa shape index (κ1) is 21.4. The standard InChI is InChI=1S/C21H32N4O4/c1-28-18-6-8-19(9-7-18)29-15-14-24-10-12-25(13-11-24)16-20(26)23-21(27)22-17-4-2-3-5-17/h6-9,17H,2-5,10-16H2,1H3,(H2,22,23,26,27)/p+2. The van der Waals surface area contributed by atoms with Crippen molar-refractivity contribution in [2.75, 3.05) is 53.0 Å². The van der Waals surface area contributed by atoms with Gasteiger partial charge in [0, 0.05) is 6.04 Å². The summed E-state index contributed by atoms with van der Waals surface area (Å²) in [7, 11) is 1.65. The van der Waals surface area contributed by atoms with Crippen molar-refractivity contribution in [1.29, 1.82) is 0 Å². The Bertz CT molecular complexity index is 653. The van der Waals surface area contributed by atoms with Crippen molar-refractivity contribution in [3.05, 3.63) is 24.3 Å². The lowest BCUT2D eigenvalue weighted by atomic mass is 10.2. The molecule has 3 rings (SSSR count). The second-order valence-corrected chi connectivity index (χ2v) is 7.95. The van der Waals surface area contributed by atoms with Crippen molar-refractivity contribution in [2.45, 2.75) is 31.7 Å². The van der Waals surface area contributed by atoms with Crippen LogP contribution >= 0.6 is 0 Å². The molecule has 1 aliphatic heterocycles. The number of quaternary nitrogens is 2. The second kappa shape index (κ2) is 11.0. The van der Waals surface area contributed by atoms with Crippen LogP contribution in [-0.4, -0.2) is 71.0 Å². The number of carbonyl (C=O) groups excluding carboxylic acids is 2. The summed E-state index contributed by atoms with van der Waals surface area (Å²) in [6, 6.07) is 7.49. The zero-order valence-electron chi connectivity index (χ0n) is 17.3. The summed E-state index contributed by atoms with van der Waals surface area (Å²) in [6.45, 7) is 5.82. The van der Waals surface area contributed by atoms with E-state index in [1.807, 2.05) is 24.3 Å². The Labute approximate surface area is 172 Å². The van der Waals surface area contributed by atoms with E-state index in [2.05, 4.69) is 10.6 Å². The van der Waals surface area contributed by atoms with E-state index in [1.165, 1.54) is 9.80 Å². The number of rotatable bonds is 8. The van der Waals surface area contributed by atoms with Crippen molar-refractivity contribution in [2.24, 2.45) is 0 Å². The van der Waals surface area contributed by atoms with Gasteiger partial charge in [-0.3, -0.25) is 10.1 Å². The molecule has 3 amide bonds. The molecule has 0 unspecified atom stereocenters. The first-order valence-corrected chi connectivity index (χ1v) is 10.7. The van der Waals surface area contributed by atoms with E-state index in [0.29, 0.717) is 13.2 Å². The van der Waals surface area contributed by atoms with Gasteiger partial charge in [-0.2, -0.15) is 0 Å². The molecule has 4 N–H and O–H groups in total. The van der Waals surface area contributed by atoms with Crippen molar-refractivity contribution in [3.63, 3.8) is 0 Å². The highest BCUT2D eigenvalue weighted by Gasteiger charge is 2.26. The fraction of sp³-hybridized carbons (Fsp3) is 0.619. The average molecular weight is 407 g/mol. The maximum Gasteiger partial charge on any atom is 0.321 e. The molecule has 8 nitrogen and oxygen atoms in total. The lowest BCUT2D eigenvalue weighted by Gasteiger charge is -2.29. The molecule has 1 aliphatic carbocycles. The second-order valence-electron chi connectivity index (χ2n) is 7.95. The summed E-state index contributed by atoms with van der Waals surface area (Å²) in [6.07, 6.45) is 4.33. The Morgan fingerprint density at radius 1 is 1.00 bits per heavy atom. The average Bonchev–Trinajstić information content (AvgIpc) is 3.22. The molecule has 0 atom stereocenters. The molecule has 1 saturated carbocycles. The van der Waals surface area contributed by atoms with Crippen LogP contribution in [0.25, 0.3) is 0 Å². The topological polar surface area (TPSA) is 85.5 Å². The van der Waals surface area contributed by atoms with Gasteiger partial charge in [0.1, 0.15) is 50.8 Å². The highest BCUT2D eigenvalue weighted by molar-refractivity contribution is 5.94. The van der Waals surface area contributed by atoms with Crippen LogP contribution in [0.5, 0.6) is 11.5 Å². The maximum absolute atomic E-state index is 12.1. The number of methoxy groups -OCH3 is 1. The van der Waals surface area contributed by atoms with Crippen LogP contribution in [0.15, 0.2) is 24.3 Å². The molecular weight excluding hydrogens is 372 g/mol. The molecule has 29 heavy (non-hydrogen) atoms. The highest BCUT2D eigenvalue weighted by Crippen LogP contribution is 2.17. The highest BCUT2D eigenvalue weighted by atomic mass is 16.5. The third-order valence-electron chi connectivity index (χ3n) is 5.80. The number of nitrogens with one attached hydrogen (secondary N) is 4. The molecule has 0 spiro atoms. The molecule has 1 aromatic rings. The van der Waals surface area contributed by atoms with E-state index in [1.54, 1.807) is 7.11 Å². The summed E-state index contributed by atoms with van der Waals surface area (Å²) < 4.78 is 11.0. The van der Waals surface area contributed by atoms with Gasteiger partial charge in [0.05, 0.1) is 7.11 Å². The van der Waals surface area contributed by atoms with Crippen molar-refractivity contribution in [1.82, 2.24) is 10.6 Å². The Morgan fingerprint density at radius 2 is 1.62 bits per heavy atom. The predicted octanol–water partition coefficient (Wildman–Crippen LogP) is -1.37. The molecule has 0 radical (unpaired) electrons. The smallest absolute Gasteiger partial charge is 0.321 e. The van der Waals surface area contributed by atoms with Crippen LogP contribution in [0, 0.1) is 0 Å². The van der Waals surface area contributed by atoms with E-state index < -0.39 is 0 Å². The zero-order chi connectivity index (χ0) is 20.5. The third-order valence-corrected chi connectivity index (χ3v) is 5.80. The first-order chi connectivity index (χ1) is 14.1.